The first-order valence-electron chi connectivity index (χ1n) is 7.91. The van der Waals surface area contributed by atoms with Crippen molar-refractivity contribution < 1.29 is 35.5 Å². The maximum absolute atomic E-state index is 13.9. The monoisotopic (exact) mass is 423 g/mol. The number of hydrogen-bond acceptors (Lipinski definition) is 5. The minimum absolute atomic E-state index is 0.0241. The molecule has 0 saturated heterocycles. The lowest BCUT2D eigenvalue weighted by molar-refractivity contribution is -0.141. The van der Waals surface area contributed by atoms with Gasteiger partial charge in [-0.25, -0.2) is 9.37 Å². The molecule has 2 aromatic heterocycles. The predicted octanol–water partition coefficient (Wildman–Crippen LogP) is 4.10. The van der Waals surface area contributed by atoms with Crippen molar-refractivity contribution in [1.29, 1.82) is 0 Å². The molecule has 0 aliphatic rings. The van der Waals surface area contributed by atoms with Gasteiger partial charge in [-0.1, -0.05) is 6.07 Å². The summed E-state index contributed by atoms with van der Waals surface area (Å²) in [6, 6.07) is 1.86. The van der Waals surface area contributed by atoms with E-state index in [-0.39, 0.29) is 23.8 Å². The molecule has 0 radical (unpaired) electrons. The Morgan fingerprint density at radius 1 is 1.10 bits per heavy atom. The number of aromatic nitrogens is 4. The molecule has 29 heavy (non-hydrogen) atoms. The maximum Gasteiger partial charge on any atom is 0.433 e. The van der Waals surface area contributed by atoms with Gasteiger partial charge in [-0.3, -0.25) is 0 Å². The molecule has 3 rings (SSSR count). The quantitative estimate of drug-likeness (QED) is 0.626. The molecule has 0 unspecified atom stereocenters. The first-order chi connectivity index (χ1) is 13.5. The Hall–Kier alpha value is -2.96. The summed E-state index contributed by atoms with van der Waals surface area (Å²) in [5.74, 6) is -2.08. The lowest BCUT2D eigenvalue weighted by atomic mass is 10.0. The molecule has 6 nitrogen and oxygen atoms in total. The fourth-order valence-electron chi connectivity index (χ4n) is 2.60. The zero-order valence-corrected chi connectivity index (χ0v) is 14.5. The third-order valence-electron chi connectivity index (χ3n) is 3.90. The second-order valence-corrected chi connectivity index (χ2v) is 5.89. The highest BCUT2D eigenvalue weighted by Crippen LogP contribution is 2.34. The van der Waals surface area contributed by atoms with E-state index in [1.54, 1.807) is 0 Å². The van der Waals surface area contributed by atoms with Crippen LogP contribution in [0.3, 0.4) is 0 Å². The number of methoxy groups -OCH3 is 1. The van der Waals surface area contributed by atoms with Gasteiger partial charge in [0.1, 0.15) is 18.0 Å². The van der Waals surface area contributed by atoms with E-state index in [2.05, 4.69) is 20.4 Å². The largest absolute Gasteiger partial charge is 0.433 e. The highest BCUT2D eigenvalue weighted by molar-refractivity contribution is 5.47. The number of nitrogens with one attached hydrogen (secondary N) is 1. The molecule has 0 bridgehead atoms. The Morgan fingerprint density at radius 3 is 2.41 bits per heavy atom. The Kier molecular flexibility index (Phi) is 5.34. The molecule has 1 aromatic carbocycles. The second-order valence-electron chi connectivity index (χ2n) is 5.89. The van der Waals surface area contributed by atoms with Gasteiger partial charge in [-0.15, -0.1) is 0 Å². The summed E-state index contributed by atoms with van der Waals surface area (Å²) in [5.41, 5.74) is -2.69. The van der Waals surface area contributed by atoms with Crippen LogP contribution in [0.15, 0.2) is 30.6 Å². The number of alkyl halides is 6. The molecule has 13 heteroatoms. The molecular weight excluding hydrogens is 411 g/mol. The van der Waals surface area contributed by atoms with Crippen LogP contribution in [-0.2, 0) is 17.1 Å². The van der Waals surface area contributed by atoms with Crippen LogP contribution in [0.1, 0.15) is 22.9 Å². The van der Waals surface area contributed by atoms with Gasteiger partial charge in [0.25, 0.3) is 5.78 Å². The molecule has 2 heterocycles. The van der Waals surface area contributed by atoms with Crippen LogP contribution in [0.2, 0.25) is 0 Å². The number of hydrogen-bond donors (Lipinski definition) is 1. The molecule has 0 spiro atoms. The second kappa shape index (κ2) is 7.46. The van der Waals surface area contributed by atoms with Gasteiger partial charge in [0.2, 0.25) is 0 Å². The van der Waals surface area contributed by atoms with Crippen molar-refractivity contribution in [2.24, 2.45) is 0 Å². The van der Waals surface area contributed by atoms with Crippen LogP contribution in [0.25, 0.3) is 5.78 Å². The van der Waals surface area contributed by atoms with E-state index >= 15 is 0 Å². The number of halogens is 7. The van der Waals surface area contributed by atoms with E-state index in [0.29, 0.717) is 18.2 Å². The third-order valence-corrected chi connectivity index (χ3v) is 3.90. The average molecular weight is 423 g/mol. The summed E-state index contributed by atoms with van der Waals surface area (Å²) in [4.78, 5) is 6.97. The Bertz CT molecular complexity index is 1020. The molecule has 0 saturated carbocycles. The molecule has 0 aliphatic carbocycles. The van der Waals surface area contributed by atoms with Crippen LogP contribution < -0.4 is 5.32 Å². The van der Waals surface area contributed by atoms with Crippen LogP contribution in [-0.4, -0.2) is 33.3 Å². The van der Waals surface area contributed by atoms with Crippen LogP contribution >= 0.6 is 0 Å². The first-order valence-corrected chi connectivity index (χ1v) is 7.91. The maximum atomic E-state index is 13.9. The zero-order chi connectivity index (χ0) is 21.4. The number of nitrogens with zero attached hydrogens (tertiary/aromatic N) is 4. The molecule has 0 amide bonds. The smallest absolute Gasteiger partial charge is 0.382 e. The summed E-state index contributed by atoms with van der Waals surface area (Å²) >= 11 is 0. The third kappa shape index (κ3) is 4.39. The van der Waals surface area contributed by atoms with E-state index in [1.807, 2.05) is 0 Å². The lowest BCUT2D eigenvalue weighted by Gasteiger charge is -2.21. The topological polar surface area (TPSA) is 64.3 Å². The molecular formula is C16H12F7N5O. The van der Waals surface area contributed by atoms with E-state index in [0.717, 1.165) is 16.9 Å². The summed E-state index contributed by atoms with van der Waals surface area (Å²) in [5, 5.41) is 6.43. The van der Waals surface area contributed by atoms with Crippen molar-refractivity contribution in [2.45, 2.75) is 18.4 Å². The SMILES string of the molecule is COC[C@H](Nc1cc(C(F)(F)F)nc2ncnn12)c1ccc(C(F)(F)F)c(F)c1. The molecule has 0 fully saturated rings. The van der Waals surface area contributed by atoms with Crippen molar-refractivity contribution in [1.82, 2.24) is 19.6 Å². The molecule has 0 aliphatic heterocycles. The van der Waals surface area contributed by atoms with Gasteiger partial charge in [-0.05, 0) is 17.7 Å². The minimum Gasteiger partial charge on any atom is -0.382 e. The normalized spacial score (nSPS) is 13.7. The Morgan fingerprint density at radius 2 is 1.83 bits per heavy atom. The number of fused-ring (bicyclic) bond motifs is 1. The fourth-order valence-corrected chi connectivity index (χ4v) is 2.60. The average Bonchev–Trinajstić information content (AvgIpc) is 3.08. The molecule has 1 N–H and O–H groups in total. The van der Waals surface area contributed by atoms with Crippen LogP contribution in [0.4, 0.5) is 36.6 Å². The van der Waals surface area contributed by atoms with Crippen molar-refractivity contribution in [3.63, 3.8) is 0 Å². The van der Waals surface area contributed by atoms with Gasteiger partial charge >= 0.3 is 12.4 Å². The lowest BCUT2D eigenvalue weighted by Crippen LogP contribution is -2.20. The molecule has 3 aromatic rings. The van der Waals surface area contributed by atoms with E-state index < -0.39 is 35.5 Å². The standard InChI is InChI=1S/C16H12F7N5O/c1-29-6-11(8-2-3-9(10(17)4-8)15(18,19)20)26-13-5-12(16(21,22)23)27-14-24-7-25-28(13)14/h2-5,7,11,26H,6H2,1H3/t11-/m0/s1. The predicted molar refractivity (Wildman–Crippen MR) is 85.4 cm³/mol. The highest BCUT2D eigenvalue weighted by atomic mass is 19.4. The number of rotatable bonds is 5. The van der Waals surface area contributed by atoms with Gasteiger partial charge in [-0.2, -0.15) is 40.9 Å². The van der Waals surface area contributed by atoms with E-state index in [4.69, 9.17) is 4.74 Å². The fraction of sp³-hybridized carbons (Fsp3) is 0.312. The Labute approximate surface area is 158 Å². The number of ether oxygens (including phenoxy) is 1. The van der Waals surface area contributed by atoms with Gasteiger partial charge in [0.05, 0.1) is 18.2 Å². The molecule has 156 valence electrons. The first kappa shape index (κ1) is 20.8. The number of benzene rings is 1. The van der Waals surface area contributed by atoms with Crippen molar-refractivity contribution >= 4 is 11.6 Å². The van der Waals surface area contributed by atoms with Crippen molar-refractivity contribution in [2.75, 3.05) is 19.0 Å². The van der Waals surface area contributed by atoms with E-state index in [9.17, 15) is 30.7 Å². The summed E-state index contributed by atoms with van der Waals surface area (Å²) in [7, 11) is 1.27. The highest BCUT2D eigenvalue weighted by Gasteiger charge is 2.35. The molecule has 1 atom stereocenters. The number of anilines is 1. The van der Waals surface area contributed by atoms with Gasteiger partial charge in [0, 0.05) is 13.2 Å². The van der Waals surface area contributed by atoms with Crippen LogP contribution in [0.5, 0.6) is 0 Å². The minimum atomic E-state index is -4.88. The summed E-state index contributed by atoms with van der Waals surface area (Å²) in [6.45, 7) is -0.190. The van der Waals surface area contributed by atoms with Crippen LogP contribution in [0, 0.1) is 5.82 Å². The van der Waals surface area contributed by atoms with Gasteiger partial charge in [0.15, 0.2) is 5.69 Å². The van der Waals surface area contributed by atoms with Gasteiger partial charge < -0.3 is 10.1 Å². The zero-order valence-electron chi connectivity index (χ0n) is 14.5. The van der Waals surface area contributed by atoms with Crippen molar-refractivity contribution in [3.8, 4) is 0 Å². The summed E-state index contributed by atoms with van der Waals surface area (Å²) < 4.78 is 97.4. The van der Waals surface area contributed by atoms with Crippen molar-refractivity contribution in [3.05, 3.63) is 53.2 Å². The Balaban J connectivity index is 2.02. The van der Waals surface area contributed by atoms with E-state index in [1.165, 1.54) is 7.11 Å². The summed E-state index contributed by atoms with van der Waals surface area (Å²) in [6.07, 6.45) is -8.68.